The first kappa shape index (κ1) is 23.5. The third-order valence-corrected chi connectivity index (χ3v) is 6.60. The van der Waals surface area contributed by atoms with Crippen LogP contribution in [0.1, 0.15) is 33.4 Å². The highest BCUT2D eigenvalue weighted by Crippen LogP contribution is 2.32. The Bertz CT molecular complexity index is 1730. The normalized spacial score (nSPS) is 12.0. The summed E-state index contributed by atoms with van der Waals surface area (Å²) >= 11 is 6.32. The molecule has 0 aliphatic rings. The highest BCUT2D eigenvalue weighted by Gasteiger charge is 2.21. The van der Waals surface area contributed by atoms with E-state index in [1.807, 2.05) is 42.5 Å². The van der Waals surface area contributed by atoms with Gasteiger partial charge >= 0.3 is 5.97 Å². The second-order valence-corrected chi connectivity index (χ2v) is 9.23. The van der Waals surface area contributed by atoms with E-state index >= 15 is 0 Å². The van der Waals surface area contributed by atoms with E-state index in [0.29, 0.717) is 22.8 Å². The minimum Gasteiger partial charge on any atom is -0.478 e. The second-order valence-electron chi connectivity index (χ2n) is 8.79. The lowest BCUT2D eigenvalue weighted by Gasteiger charge is -2.16. The molecular formula is C28H20ClN7O2. The van der Waals surface area contributed by atoms with Gasteiger partial charge in [0.25, 0.3) is 0 Å². The van der Waals surface area contributed by atoms with E-state index < -0.39 is 5.97 Å². The van der Waals surface area contributed by atoms with Crippen LogP contribution in [0.5, 0.6) is 0 Å². The molecule has 0 aliphatic heterocycles. The Morgan fingerprint density at radius 2 is 1.89 bits per heavy atom. The number of benzene rings is 3. The predicted molar refractivity (Wildman–Crippen MR) is 142 cm³/mol. The van der Waals surface area contributed by atoms with Gasteiger partial charge in [0.1, 0.15) is 12.2 Å². The third-order valence-electron chi connectivity index (χ3n) is 6.37. The van der Waals surface area contributed by atoms with Crippen LogP contribution in [0.2, 0.25) is 5.02 Å². The highest BCUT2D eigenvalue weighted by atomic mass is 35.5. The van der Waals surface area contributed by atoms with Crippen molar-refractivity contribution >= 4 is 28.6 Å². The van der Waals surface area contributed by atoms with Crippen molar-refractivity contribution in [3.05, 3.63) is 119 Å². The van der Waals surface area contributed by atoms with E-state index in [1.165, 1.54) is 6.33 Å². The molecule has 0 aliphatic carbocycles. The van der Waals surface area contributed by atoms with Crippen LogP contribution >= 0.6 is 11.6 Å². The number of aromatic carboxylic acids is 1. The van der Waals surface area contributed by atoms with Crippen molar-refractivity contribution in [3.63, 3.8) is 0 Å². The van der Waals surface area contributed by atoms with Crippen molar-refractivity contribution in [2.24, 2.45) is 0 Å². The molecule has 186 valence electrons. The molecule has 3 aromatic heterocycles. The van der Waals surface area contributed by atoms with Crippen LogP contribution in [0.3, 0.4) is 0 Å². The summed E-state index contributed by atoms with van der Waals surface area (Å²) in [5.74, 6) is -0.467. The molecule has 9 nitrogen and oxygen atoms in total. The Morgan fingerprint density at radius 3 is 2.63 bits per heavy atom. The van der Waals surface area contributed by atoms with E-state index in [9.17, 15) is 9.90 Å². The highest BCUT2D eigenvalue weighted by molar-refractivity contribution is 6.31. The topological polar surface area (TPSA) is 122 Å². The minimum atomic E-state index is -0.989. The van der Waals surface area contributed by atoms with Gasteiger partial charge in [-0.05, 0) is 64.9 Å². The molecule has 6 aromatic rings. The summed E-state index contributed by atoms with van der Waals surface area (Å²) in [7, 11) is 0. The van der Waals surface area contributed by atoms with Crippen LogP contribution in [0, 0.1) is 0 Å². The quantitative estimate of drug-likeness (QED) is 0.291. The van der Waals surface area contributed by atoms with E-state index in [4.69, 9.17) is 21.6 Å². The molecule has 0 bridgehead atoms. The fourth-order valence-electron chi connectivity index (χ4n) is 4.50. The molecule has 38 heavy (non-hydrogen) atoms. The number of rotatable bonds is 7. The summed E-state index contributed by atoms with van der Waals surface area (Å²) in [4.78, 5) is 24.4. The number of nitrogens with one attached hydrogen (secondary N) is 1. The van der Waals surface area contributed by atoms with Crippen molar-refractivity contribution < 1.29 is 9.90 Å². The van der Waals surface area contributed by atoms with Crippen LogP contribution in [-0.4, -0.2) is 46.2 Å². The lowest BCUT2D eigenvalue weighted by Crippen LogP contribution is -2.09. The number of fused-ring (bicyclic) bond motifs is 1. The standard InChI is InChI=1S/C28H20ClN7O2/c29-20-8-11-26(36-16-31-34-35-36)21(14-20)19-7-9-23(30-15-19)22(12-17-4-2-1-3-5-17)27-32-24-10-6-18(28(37)38)13-25(24)33-27/h1-11,13-16,22H,12H2,(H,32,33)(H,37,38). The zero-order valence-corrected chi connectivity index (χ0v) is 20.6. The van der Waals surface area contributed by atoms with Crippen LogP contribution in [0.4, 0.5) is 0 Å². The molecule has 0 amide bonds. The van der Waals surface area contributed by atoms with E-state index in [0.717, 1.165) is 33.6 Å². The number of carboxylic acid groups (broad SMARTS) is 1. The van der Waals surface area contributed by atoms with Gasteiger partial charge in [0, 0.05) is 22.3 Å². The molecular weight excluding hydrogens is 502 g/mol. The number of carbonyl (C=O) groups is 1. The minimum absolute atomic E-state index is 0.189. The monoisotopic (exact) mass is 521 g/mol. The van der Waals surface area contributed by atoms with Crippen LogP contribution < -0.4 is 0 Å². The number of pyridine rings is 1. The molecule has 1 unspecified atom stereocenters. The van der Waals surface area contributed by atoms with Crippen molar-refractivity contribution in [1.29, 1.82) is 0 Å². The molecule has 3 heterocycles. The second kappa shape index (κ2) is 9.87. The van der Waals surface area contributed by atoms with Gasteiger partial charge in [-0.1, -0.05) is 48.0 Å². The Kier molecular flexibility index (Phi) is 6.11. The first-order chi connectivity index (χ1) is 18.5. The predicted octanol–water partition coefficient (Wildman–Crippen LogP) is 5.33. The molecule has 3 aromatic carbocycles. The number of imidazole rings is 1. The van der Waals surface area contributed by atoms with E-state index in [2.05, 4.69) is 32.6 Å². The number of H-pyrrole nitrogens is 1. The fourth-order valence-corrected chi connectivity index (χ4v) is 4.67. The third kappa shape index (κ3) is 4.62. The number of hydrogen-bond donors (Lipinski definition) is 2. The van der Waals surface area contributed by atoms with Gasteiger partial charge in [0.15, 0.2) is 0 Å². The number of tetrazole rings is 1. The summed E-state index contributed by atoms with van der Waals surface area (Å²) in [6.45, 7) is 0. The van der Waals surface area contributed by atoms with Crippen molar-refractivity contribution in [3.8, 4) is 16.8 Å². The Labute approximate surface area is 221 Å². The van der Waals surface area contributed by atoms with Gasteiger partial charge in [-0.25, -0.2) is 9.78 Å². The molecule has 0 saturated carbocycles. The average molecular weight is 522 g/mol. The number of carboxylic acids is 1. The molecule has 1 atom stereocenters. The summed E-state index contributed by atoms with van der Waals surface area (Å²) in [6.07, 6.45) is 3.99. The molecule has 10 heteroatoms. The number of aromatic amines is 1. The maximum Gasteiger partial charge on any atom is 0.335 e. The van der Waals surface area contributed by atoms with E-state index in [1.54, 1.807) is 35.1 Å². The lowest BCUT2D eigenvalue weighted by molar-refractivity contribution is 0.0697. The molecule has 0 saturated heterocycles. The first-order valence-corrected chi connectivity index (χ1v) is 12.2. The molecule has 6 rings (SSSR count). The SMILES string of the molecule is O=C(O)c1ccc2[nH]c(C(Cc3ccccc3)c3ccc(-c4cc(Cl)ccc4-n4cnnn4)cn3)nc2c1. The smallest absolute Gasteiger partial charge is 0.335 e. The van der Waals surface area contributed by atoms with Crippen molar-refractivity contribution in [2.75, 3.05) is 0 Å². The summed E-state index contributed by atoms with van der Waals surface area (Å²) in [5.41, 5.74) is 5.99. The van der Waals surface area contributed by atoms with Gasteiger partial charge in [-0.2, -0.15) is 4.68 Å². The van der Waals surface area contributed by atoms with Gasteiger partial charge in [-0.15, -0.1) is 5.10 Å². The van der Waals surface area contributed by atoms with E-state index in [-0.39, 0.29) is 11.5 Å². The molecule has 0 fully saturated rings. The molecule has 0 radical (unpaired) electrons. The van der Waals surface area contributed by atoms with Crippen LogP contribution in [-0.2, 0) is 6.42 Å². The van der Waals surface area contributed by atoms with Crippen molar-refractivity contribution in [2.45, 2.75) is 12.3 Å². The lowest BCUT2D eigenvalue weighted by atomic mass is 9.94. The molecule has 0 spiro atoms. The number of nitrogens with zero attached hydrogens (tertiary/aromatic N) is 6. The Hall–Kier alpha value is -4.89. The van der Waals surface area contributed by atoms with Gasteiger partial charge in [0.2, 0.25) is 0 Å². The Balaban J connectivity index is 1.41. The number of hydrogen-bond acceptors (Lipinski definition) is 6. The molecule has 2 N–H and O–H groups in total. The average Bonchev–Trinajstić information content (AvgIpc) is 3.62. The van der Waals surface area contributed by atoms with Gasteiger partial charge in [-0.3, -0.25) is 4.98 Å². The Morgan fingerprint density at radius 1 is 1.03 bits per heavy atom. The van der Waals surface area contributed by atoms with Crippen LogP contribution in [0.25, 0.3) is 27.8 Å². The first-order valence-electron chi connectivity index (χ1n) is 11.8. The zero-order chi connectivity index (χ0) is 26.1. The zero-order valence-electron chi connectivity index (χ0n) is 19.9. The maximum absolute atomic E-state index is 11.4. The summed E-state index contributed by atoms with van der Waals surface area (Å²) in [6, 6.07) is 24.5. The van der Waals surface area contributed by atoms with Gasteiger partial charge < -0.3 is 10.1 Å². The van der Waals surface area contributed by atoms with Crippen LogP contribution in [0.15, 0.2) is 91.4 Å². The van der Waals surface area contributed by atoms with Crippen molar-refractivity contribution in [1.82, 2.24) is 35.2 Å². The van der Waals surface area contributed by atoms with Gasteiger partial charge in [0.05, 0.1) is 33.9 Å². The summed E-state index contributed by atoms with van der Waals surface area (Å²) < 4.78 is 1.58. The maximum atomic E-state index is 11.4. The fraction of sp³-hybridized carbons (Fsp3) is 0.0714. The number of halogens is 1. The largest absolute Gasteiger partial charge is 0.478 e. The number of aromatic nitrogens is 7. The summed E-state index contributed by atoms with van der Waals surface area (Å²) in [5, 5.41) is 21.5.